The van der Waals surface area contributed by atoms with Crippen molar-refractivity contribution < 1.29 is 56.8 Å². The van der Waals surface area contributed by atoms with Crippen molar-refractivity contribution in [1.29, 1.82) is 0 Å². The number of hydrogen-bond donors (Lipinski definition) is 0. The Kier molecular flexibility index (Phi) is 22.2. The van der Waals surface area contributed by atoms with Crippen LogP contribution in [0.4, 0.5) is 0 Å². The Labute approximate surface area is 497 Å². The van der Waals surface area contributed by atoms with E-state index in [1.54, 1.807) is 0 Å². The third-order valence-electron chi connectivity index (χ3n) is 16.0. The Morgan fingerprint density at radius 2 is 0.916 bits per heavy atom. The van der Waals surface area contributed by atoms with Gasteiger partial charge in [0.15, 0.2) is 23.0 Å². The summed E-state index contributed by atoms with van der Waals surface area (Å²) >= 11 is 0. The maximum atomic E-state index is 7.12. The van der Waals surface area contributed by atoms with E-state index in [9.17, 15) is 0 Å². The van der Waals surface area contributed by atoms with Gasteiger partial charge in [0.2, 0.25) is 0 Å². The summed E-state index contributed by atoms with van der Waals surface area (Å²) in [6.45, 7) is 28.7. The smallest absolute Gasteiger partial charge is 0.161 e. The molecule has 12 bridgehead atoms. The van der Waals surface area contributed by atoms with Crippen LogP contribution < -0.4 is 28.4 Å². The molecule has 83 heavy (non-hydrogen) atoms. The molecule has 0 spiro atoms. The van der Waals surface area contributed by atoms with Crippen LogP contribution in [0.5, 0.6) is 34.5 Å². The van der Waals surface area contributed by atoms with Crippen molar-refractivity contribution in [2.24, 2.45) is 10.8 Å². The lowest BCUT2D eigenvalue weighted by molar-refractivity contribution is -0.00144. The van der Waals surface area contributed by atoms with E-state index < -0.39 is 0 Å². The first-order valence-corrected chi connectivity index (χ1v) is 30.4. The van der Waals surface area contributed by atoms with Crippen LogP contribution in [0, 0.1) is 10.8 Å². The van der Waals surface area contributed by atoms with Gasteiger partial charge in [-0.3, -0.25) is 0 Å². The number of para-hydroxylation sites is 2. The summed E-state index contributed by atoms with van der Waals surface area (Å²) in [5, 5.41) is 0. The van der Waals surface area contributed by atoms with Crippen LogP contribution in [0.2, 0.25) is 0 Å². The highest BCUT2D eigenvalue weighted by Crippen LogP contribution is 2.48. The van der Waals surface area contributed by atoms with Crippen LogP contribution in [-0.2, 0) is 52.1 Å². The summed E-state index contributed by atoms with van der Waals surface area (Å²) in [6, 6.07) is 25.8. The van der Waals surface area contributed by atoms with Crippen molar-refractivity contribution >= 4 is 0 Å². The Morgan fingerprint density at radius 1 is 0.458 bits per heavy atom. The molecule has 0 fully saturated rings. The minimum absolute atomic E-state index is 0. The quantitative estimate of drug-likeness (QED) is 0.143. The molecule has 4 heterocycles. The van der Waals surface area contributed by atoms with Gasteiger partial charge in [-0.15, -0.1) is 0 Å². The number of hydrogen-bond acceptors (Lipinski definition) is 12. The SMILES string of the molecule is C.CC(C)(C)CC(C)(C)c1ccc2c(c1)OCCOCCOC1=C3C=CCC1c1cccc4c1OCCOCCOc1ccc(C(C)(C)CC(C)(C)C)cc1OCCOCCOc1c(cccc1C1CCC=C(C4)[C@@H]1OCCOCCO2)C3. The average molecular weight is 1140 g/mol. The van der Waals surface area contributed by atoms with E-state index in [0.717, 1.165) is 77.2 Å². The number of ether oxygens (including phenoxy) is 12. The Balaban J connectivity index is 0.00000900. The van der Waals surface area contributed by atoms with Crippen LogP contribution in [0.25, 0.3) is 0 Å². The Hall–Kier alpha value is -5.50. The molecule has 11 rings (SSSR count). The van der Waals surface area contributed by atoms with Gasteiger partial charge in [0, 0.05) is 29.4 Å². The molecule has 0 saturated carbocycles. The Morgan fingerprint density at radius 3 is 1.45 bits per heavy atom. The summed E-state index contributed by atoms with van der Waals surface area (Å²) in [4.78, 5) is 0. The van der Waals surface area contributed by atoms with Gasteiger partial charge >= 0.3 is 0 Å². The first kappa shape index (κ1) is 63.5. The van der Waals surface area contributed by atoms with Gasteiger partial charge < -0.3 is 56.8 Å². The second kappa shape index (κ2) is 29.1. The molecule has 12 nitrogen and oxygen atoms in total. The number of allylic oxidation sites excluding steroid dienone is 5. The Bertz CT molecular complexity index is 2830. The van der Waals surface area contributed by atoms with Gasteiger partial charge in [0.1, 0.15) is 63.5 Å². The van der Waals surface area contributed by atoms with Gasteiger partial charge in [-0.1, -0.05) is 143 Å². The maximum absolute atomic E-state index is 7.12. The highest BCUT2D eigenvalue weighted by Gasteiger charge is 2.36. The molecule has 454 valence electrons. The van der Waals surface area contributed by atoms with Crippen LogP contribution in [0.3, 0.4) is 0 Å². The van der Waals surface area contributed by atoms with E-state index in [-0.39, 0.29) is 47.0 Å². The molecule has 0 radical (unpaired) electrons. The average Bonchev–Trinajstić information content (AvgIpc) is 3.28. The molecule has 0 N–H and O–H groups in total. The zero-order chi connectivity index (χ0) is 57.7. The van der Waals surface area contributed by atoms with Gasteiger partial charge in [-0.05, 0) is 118 Å². The van der Waals surface area contributed by atoms with Crippen molar-refractivity contribution in [1.82, 2.24) is 0 Å². The molecule has 0 aromatic heterocycles. The summed E-state index contributed by atoms with van der Waals surface area (Å²) < 4.78 is 79.1. The van der Waals surface area contributed by atoms with Crippen molar-refractivity contribution in [3.63, 3.8) is 0 Å². The highest BCUT2D eigenvalue weighted by atomic mass is 16.6. The molecule has 12 heteroatoms. The normalized spacial score (nSPS) is 21.4. The van der Waals surface area contributed by atoms with Crippen LogP contribution in [-0.4, -0.2) is 112 Å². The van der Waals surface area contributed by atoms with Crippen molar-refractivity contribution in [3.8, 4) is 34.5 Å². The van der Waals surface area contributed by atoms with Gasteiger partial charge in [-0.2, -0.15) is 0 Å². The van der Waals surface area contributed by atoms with Gasteiger partial charge in [0.05, 0.1) is 65.6 Å². The monoisotopic (exact) mass is 1140 g/mol. The number of fused-ring (bicyclic) bond motifs is 24. The van der Waals surface area contributed by atoms with E-state index in [4.69, 9.17) is 56.8 Å². The maximum Gasteiger partial charge on any atom is 0.161 e. The number of rotatable bonds is 4. The zero-order valence-electron chi connectivity index (χ0n) is 51.1. The third-order valence-corrected chi connectivity index (χ3v) is 16.0. The summed E-state index contributed by atoms with van der Waals surface area (Å²) in [5.41, 5.74) is 9.19. The molecule has 0 saturated heterocycles. The predicted octanol–water partition coefficient (Wildman–Crippen LogP) is 14.8. The van der Waals surface area contributed by atoms with Crippen molar-refractivity contribution in [2.45, 2.75) is 150 Å². The van der Waals surface area contributed by atoms with Crippen LogP contribution >= 0.6 is 0 Å². The van der Waals surface area contributed by atoms with E-state index in [2.05, 4.69) is 148 Å². The molecule has 4 aliphatic heterocycles. The lowest BCUT2D eigenvalue weighted by Gasteiger charge is -2.36. The standard InChI is InChI=1S/C70H94O12.CH4/c1-67(2,3)47-69(7,8)53-23-25-59-61(45-53)77-37-29-73-33-41-81-65-51-17-13-21-57(65)55-19-12-16-50-43-49-15-11-20-56(63(49)79-39-31-71-27-35-75-59)58-22-14-18-52(44-51)66(58)82-42-34-74-30-38-78-62-46-54(70(9,10)48-68(4,5)6)24-26-60(62)76-36-28-72-32-40-80-64(50)55;/h11,13-18,20-21,23-26,45-46,55,58,64H,12,19,22,27-44,47-48H2,1-10H3;1H4/t55?,58?,64-;/m0./s1. The topological polar surface area (TPSA) is 111 Å². The van der Waals surface area contributed by atoms with E-state index in [1.165, 1.54) is 16.7 Å². The summed E-state index contributed by atoms with van der Waals surface area (Å²) in [6.07, 6.45) is 12.4. The molecular weight excluding hydrogens is 1040 g/mol. The molecule has 4 aromatic carbocycles. The van der Waals surface area contributed by atoms with E-state index >= 15 is 0 Å². The zero-order valence-corrected chi connectivity index (χ0v) is 51.1. The van der Waals surface area contributed by atoms with Gasteiger partial charge in [-0.25, -0.2) is 0 Å². The highest BCUT2D eigenvalue weighted by molar-refractivity contribution is 5.54. The molecule has 2 unspecified atom stereocenters. The molecule has 0 amide bonds. The minimum atomic E-state index is -0.265. The lowest BCUT2D eigenvalue weighted by atomic mass is 9.72. The first-order chi connectivity index (χ1) is 39.4. The molecule has 7 aliphatic rings. The van der Waals surface area contributed by atoms with Crippen LogP contribution in [0.15, 0.2) is 108 Å². The molecule has 3 aliphatic carbocycles. The fourth-order valence-electron chi connectivity index (χ4n) is 13.2. The minimum Gasteiger partial charge on any atom is -0.495 e. The molecule has 3 atom stereocenters. The fourth-order valence-corrected chi connectivity index (χ4v) is 13.2. The van der Waals surface area contributed by atoms with Crippen molar-refractivity contribution in [3.05, 3.63) is 141 Å². The van der Waals surface area contributed by atoms with Crippen molar-refractivity contribution in [2.75, 3.05) is 106 Å². The molecule has 4 aromatic rings. The first-order valence-electron chi connectivity index (χ1n) is 30.4. The summed E-state index contributed by atoms with van der Waals surface area (Å²) in [7, 11) is 0. The van der Waals surface area contributed by atoms with Crippen LogP contribution in [0.1, 0.15) is 154 Å². The second-order valence-electron chi connectivity index (χ2n) is 26.3. The second-order valence-corrected chi connectivity index (χ2v) is 26.3. The van der Waals surface area contributed by atoms with E-state index in [0.29, 0.717) is 142 Å². The summed E-state index contributed by atoms with van der Waals surface area (Å²) in [5.74, 6) is 5.23. The van der Waals surface area contributed by atoms with E-state index in [1.807, 2.05) is 12.1 Å². The third kappa shape index (κ3) is 17.3. The predicted molar refractivity (Wildman–Crippen MR) is 330 cm³/mol. The largest absolute Gasteiger partial charge is 0.495 e. The lowest BCUT2D eigenvalue weighted by Crippen LogP contribution is -2.31. The molecular formula is C71H98O12. The number of benzene rings is 4. The van der Waals surface area contributed by atoms with Gasteiger partial charge in [0.25, 0.3) is 0 Å². The fraction of sp³-hybridized carbons (Fsp3) is 0.577.